The lowest BCUT2D eigenvalue weighted by molar-refractivity contribution is 0.584. The van der Waals surface area contributed by atoms with Gasteiger partial charge < -0.3 is 4.42 Å². The largest absolute Gasteiger partial charge is 0.449 e. The summed E-state index contributed by atoms with van der Waals surface area (Å²) in [7, 11) is 0. The van der Waals surface area contributed by atoms with Gasteiger partial charge >= 0.3 is 0 Å². The maximum atomic E-state index is 5.47. The van der Waals surface area contributed by atoms with Gasteiger partial charge in [-0.3, -0.25) is 0 Å². The molecule has 0 aliphatic rings. The summed E-state index contributed by atoms with van der Waals surface area (Å²) in [4.78, 5) is 0. The Bertz CT molecular complexity index is 431. The molecule has 0 amide bonds. The van der Waals surface area contributed by atoms with Crippen molar-refractivity contribution < 1.29 is 4.42 Å². The third kappa shape index (κ3) is 1.21. The van der Waals surface area contributed by atoms with Crippen LogP contribution >= 0.6 is 31.9 Å². The molecule has 0 aliphatic heterocycles. The van der Waals surface area contributed by atoms with Gasteiger partial charge in [-0.2, -0.15) is 0 Å². The first-order valence-electron chi connectivity index (χ1n) is 3.52. The molecule has 3 heteroatoms. The minimum Gasteiger partial charge on any atom is -0.449 e. The van der Waals surface area contributed by atoms with E-state index in [2.05, 4.69) is 31.9 Å². The van der Waals surface area contributed by atoms with E-state index in [0.29, 0.717) is 0 Å². The molecule has 2 rings (SSSR count). The molecule has 0 saturated carbocycles. The quantitative estimate of drug-likeness (QED) is 0.706. The average molecular weight is 290 g/mol. The Labute approximate surface area is 87.0 Å². The van der Waals surface area contributed by atoms with Crippen LogP contribution in [-0.4, -0.2) is 0 Å². The van der Waals surface area contributed by atoms with Crippen molar-refractivity contribution >= 4 is 42.8 Å². The van der Waals surface area contributed by atoms with E-state index in [1.165, 1.54) is 0 Å². The number of hydrogen-bond acceptors (Lipinski definition) is 1. The highest BCUT2D eigenvalue weighted by molar-refractivity contribution is 9.10. The molecule has 0 saturated heterocycles. The van der Waals surface area contributed by atoms with Gasteiger partial charge in [0.25, 0.3) is 0 Å². The van der Waals surface area contributed by atoms with Crippen LogP contribution in [0.5, 0.6) is 0 Å². The lowest BCUT2D eigenvalue weighted by Gasteiger charge is -1.89. The zero-order valence-electron chi connectivity index (χ0n) is 6.40. The maximum Gasteiger partial charge on any atom is 0.173 e. The summed E-state index contributed by atoms with van der Waals surface area (Å²) in [5.74, 6) is 0. The molecule has 0 bridgehead atoms. The molecule has 2 aromatic rings. The molecule has 0 unspecified atom stereocenters. The molecular formula is C9H6Br2O. The Morgan fingerprint density at radius 1 is 1.25 bits per heavy atom. The maximum absolute atomic E-state index is 5.47. The van der Waals surface area contributed by atoms with Crippen molar-refractivity contribution in [3.05, 3.63) is 32.9 Å². The molecule has 0 N–H and O–H groups in total. The normalized spacial score (nSPS) is 10.9. The minimum atomic E-state index is 0.815. The van der Waals surface area contributed by atoms with Crippen molar-refractivity contribution in [1.82, 2.24) is 0 Å². The third-order valence-corrected chi connectivity index (χ3v) is 3.09. The van der Waals surface area contributed by atoms with E-state index in [0.717, 1.165) is 25.7 Å². The first kappa shape index (κ1) is 8.32. The van der Waals surface area contributed by atoms with Gasteiger partial charge in [0.05, 0.1) is 0 Å². The van der Waals surface area contributed by atoms with Gasteiger partial charge in [0.2, 0.25) is 0 Å². The zero-order valence-corrected chi connectivity index (χ0v) is 9.57. The molecule has 1 heterocycles. The van der Waals surface area contributed by atoms with Crippen molar-refractivity contribution in [2.45, 2.75) is 6.92 Å². The SMILES string of the molecule is Cc1c(Br)oc2cc(Br)ccc12. The second-order valence-corrected chi connectivity index (χ2v) is 4.28. The highest BCUT2D eigenvalue weighted by Crippen LogP contribution is 2.30. The summed E-state index contributed by atoms with van der Waals surface area (Å²) < 4.78 is 7.32. The molecule has 62 valence electrons. The van der Waals surface area contributed by atoms with Crippen LogP contribution in [-0.2, 0) is 0 Å². The molecule has 1 aromatic carbocycles. The monoisotopic (exact) mass is 288 g/mol. The van der Waals surface area contributed by atoms with Crippen LogP contribution < -0.4 is 0 Å². The molecule has 0 spiro atoms. The number of benzene rings is 1. The Kier molecular flexibility index (Phi) is 2.00. The fourth-order valence-electron chi connectivity index (χ4n) is 1.17. The predicted octanol–water partition coefficient (Wildman–Crippen LogP) is 4.27. The van der Waals surface area contributed by atoms with Gasteiger partial charge in [-0.05, 0) is 41.1 Å². The van der Waals surface area contributed by atoms with E-state index in [-0.39, 0.29) is 0 Å². The van der Waals surface area contributed by atoms with Crippen molar-refractivity contribution in [1.29, 1.82) is 0 Å². The number of aryl methyl sites for hydroxylation is 1. The van der Waals surface area contributed by atoms with Crippen LogP contribution in [0.15, 0.2) is 31.8 Å². The summed E-state index contributed by atoms with van der Waals surface area (Å²) in [6, 6.07) is 6.02. The summed E-state index contributed by atoms with van der Waals surface area (Å²) in [6.07, 6.45) is 0. The topological polar surface area (TPSA) is 13.1 Å². The van der Waals surface area contributed by atoms with Gasteiger partial charge in [-0.25, -0.2) is 0 Å². The summed E-state index contributed by atoms with van der Waals surface area (Å²) in [5.41, 5.74) is 2.06. The van der Waals surface area contributed by atoms with Gasteiger partial charge in [0, 0.05) is 15.4 Å². The van der Waals surface area contributed by atoms with E-state index in [9.17, 15) is 0 Å². The highest BCUT2D eigenvalue weighted by atomic mass is 79.9. The number of rotatable bonds is 0. The van der Waals surface area contributed by atoms with Crippen molar-refractivity contribution in [2.75, 3.05) is 0 Å². The van der Waals surface area contributed by atoms with E-state index in [4.69, 9.17) is 4.42 Å². The van der Waals surface area contributed by atoms with Crippen molar-refractivity contribution in [3.8, 4) is 0 Å². The molecule has 0 fully saturated rings. The molecule has 0 radical (unpaired) electrons. The lowest BCUT2D eigenvalue weighted by atomic mass is 10.2. The van der Waals surface area contributed by atoms with Gasteiger partial charge in [0.1, 0.15) is 5.58 Å². The predicted molar refractivity (Wildman–Crippen MR) is 56.4 cm³/mol. The summed E-state index contributed by atoms with van der Waals surface area (Å²) >= 11 is 6.74. The molecule has 1 aromatic heterocycles. The van der Waals surface area contributed by atoms with Crippen molar-refractivity contribution in [2.24, 2.45) is 0 Å². The minimum absolute atomic E-state index is 0.815. The Morgan fingerprint density at radius 3 is 2.75 bits per heavy atom. The van der Waals surface area contributed by atoms with E-state index in [1.807, 2.05) is 25.1 Å². The van der Waals surface area contributed by atoms with Gasteiger partial charge in [-0.15, -0.1) is 0 Å². The molecule has 0 atom stereocenters. The molecule has 0 aliphatic carbocycles. The molecular weight excluding hydrogens is 284 g/mol. The van der Waals surface area contributed by atoms with Crippen LogP contribution in [0.1, 0.15) is 5.56 Å². The van der Waals surface area contributed by atoms with Crippen LogP contribution in [0, 0.1) is 6.92 Å². The van der Waals surface area contributed by atoms with E-state index < -0.39 is 0 Å². The number of halogens is 2. The smallest absolute Gasteiger partial charge is 0.173 e. The summed E-state index contributed by atoms with van der Waals surface area (Å²) in [5, 5.41) is 1.16. The fourth-order valence-corrected chi connectivity index (χ4v) is 1.90. The lowest BCUT2D eigenvalue weighted by Crippen LogP contribution is -1.68. The standard InChI is InChI=1S/C9H6Br2O/c1-5-7-3-2-6(10)4-8(7)12-9(5)11/h2-4H,1H3. The van der Waals surface area contributed by atoms with Crippen LogP contribution in [0.4, 0.5) is 0 Å². The first-order chi connectivity index (χ1) is 5.68. The van der Waals surface area contributed by atoms with Gasteiger partial charge in [-0.1, -0.05) is 15.9 Å². The summed E-state index contributed by atoms with van der Waals surface area (Å²) in [6.45, 7) is 2.03. The molecule has 12 heavy (non-hydrogen) atoms. The Morgan fingerprint density at radius 2 is 2.00 bits per heavy atom. The zero-order chi connectivity index (χ0) is 8.72. The van der Waals surface area contributed by atoms with Crippen LogP contribution in [0.25, 0.3) is 11.0 Å². The van der Waals surface area contributed by atoms with Gasteiger partial charge in [0.15, 0.2) is 4.67 Å². The van der Waals surface area contributed by atoms with E-state index >= 15 is 0 Å². The fraction of sp³-hybridized carbons (Fsp3) is 0.111. The Balaban J connectivity index is 2.87. The first-order valence-corrected chi connectivity index (χ1v) is 5.11. The number of fused-ring (bicyclic) bond motifs is 1. The van der Waals surface area contributed by atoms with Crippen LogP contribution in [0.3, 0.4) is 0 Å². The van der Waals surface area contributed by atoms with E-state index in [1.54, 1.807) is 0 Å². The third-order valence-electron chi connectivity index (χ3n) is 1.84. The Hall–Kier alpha value is -0.280. The van der Waals surface area contributed by atoms with Crippen LogP contribution in [0.2, 0.25) is 0 Å². The second-order valence-electron chi connectivity index (χ2n) is 2.64. The number of hydrogen-bond donors (Lipinski definition) is 0. The van der Waals surface area contributed by atoms with Crippen molar-refractivity contribution in [3.63, 3.8) is 0 Å². The number of furan rings is 1. The molecule has 1 nitrogen and oxygen atoms in total. The average Bonchev–Trinajstić information content (AvgIpc) is 2.28. The second kappa shape index (κ2) is 2.89. The highest BCUT2D eigenvalue weighted by Gasteiger charge is 2.06.